The van der Waals surface area contributed by atoms with Crippen LogP contribution < -0.4 is 0 Å². The number of carbonyl (C=O) groups excluding carboxylic acids is 1. The van der Waals surface area contributed by atoms with E-state index in [-0.39, 0.29) is 21.8 Å². The van der Waals surface area contributed by atoms with Crippen LogP contribution in [0.15, 0.2) is 17.2 Å². The number of likely N-dealkylation sites (tertiary alicyclic amines) is 1. The molecule has 0 saturated carbocycles. The highest BCUT2D eigenvalue weighted by molar-refractivity contribution is 7.91. The van der Waals surface area contributed by atoms with Gasteiger partial charge < -0.3 is 9.64 Å². The second-order valence-electron chi connectivity index (χ2n) is 6.56. The van der Waals surface area contributed by atoms with Crippen molar-refractivity contribution in [1.29, 1.82) is 0 Å². The Balaban J connectivity index is 1.97. The Morgan fingerprint density at radius 3 is 2.65 bits per heavy atom. The van der Waals surface area contributed by atoms with E-state index in [4.69, 9.17) is 16.3 Å². The molecule has 0 unspecified atom stereocenters. The van der Waals surface area contributed by atoms with E-state index in [1.165, 1.54) is 12.1 Å². The number of aromatic nitrogens is 2. The van der Waals surface area contributed by atoms with Crippen molar-refractivity contribution >= 4 is 27.5 Å². The number of amides is 1. The number of nitrogens with zero attached hydrogens (tertiary/aromatic N) is 3. The number of hydrogen-bond donors (Lipinski definition) is 0. The van der Waals surface area contributed by atoms with E-state index in [9.17, 15) is 13.2 Å². The zero-order valence-corrected chi connectivity index (χ0v) is 14.9. The molecular weight excluding hydrogens is 342 g/mol. The smallest absolute Gasteiger partial charge is 0.410 e. The van der Waals surface area contributed by atoms with E-state index in [0.717, 1.165) is 0 Å². The highest BCUT2D eigenvalue weighted by atomic mass is 35.5. The van der Waals surface area contributed by atoms with Gasteiger partial charge in [0.25, 0.3) is 0 Å². The highest BCUT2D eigenvalue weighted by Gasteiger charge is 2.33. The van der Waals surface area contributed by atoms with Crippen molar-refractivity contribution < 1.29 is 17.9 Å². The lowest BCUT2D eigenvalue weighted by atomic mass is 10.2. The van der Waals surface area contributed by atoms with Gasteiger partial charge in [-0.15, -0.1) is 10.2 Å². The molecule has 0 radical (unpaired) electrons. The van der Waals surface area contributed by atoms with Crippen LogP contribution in [0.5, 0.6) is 0 Å². The molecule has 7 nitrogen and oxygen atoms in total. The first-order chi connectivity index (χ1) is 10.6. The fraction of sp³-hybridized carbons (Fsp3) is 0.643. The molecule has 0 aromatic carbocycles. The Kier molecular flexibility index (Phi) is 5.15. The Morgan fingerprint density at radius 2 is 2.09 bits per heavy atom. The van der Waals surface area contributed by atoms with E-state index in [0.29, 0.717) is 19.5 Å². The molecule has 1 saturated heterocycles. The Bertz CT molecular complexity index is 670. The third-order valence-electron chi connectivity index (χ3n) is 3.32. The van der Waals surface area contributed by atoms with Gasteiger partial charge in [0.1, 0.15) is 5.60 Å². The predicted octanol–water partition coefficient (Wildman–Crippen LogP) is 2.16. The van der Waals surface area contributed by atoms with Crippen LogP contribution in [0.4, 0.5) is 4.79 Å². The van der Waals surface area contributed by atoms with Crippen molar-refractivity contribution in [3.63, 3.8) is 0 Å². The van der Waals surface area contributed by atoms with Gasteiger partial charge in [0.15, 0.2) is 20.0 Å². The highest BCUT2D eigenvalue weighted by Crippen LogP contribution is 2.23. The summed E-state index contributed by atoms with van der Waals surface area (Å²) in [4.78, 5) is 13.5. The Morgan fingerprint density at radius 1 is 1.39 bits per heavy atom. The van der Waals surface area contributed by atoms with Crippen LogP contribution in [0.25, 0.3) is 0 Å². The third-order valence-corrected chi connectivity index (χ3v) is 5.29. The molecule has 128 valence electrons. The molecular formula is C14H20ClN3O4S. The first-order valence-corrected chi connectivity index (χ1v) is 9.30. The summed E-state index contributed by atoms with van der Waals surface area (Å²) in [6.45, 7) is 6.23. The average Bonchev–Trinajstić information content (AvgIpc) is 2.85. The summed E-state index contributed by atoms with van der Waals surface area (Å²) in [6.07, 6.45) is 0.197. The van der Waals surface area contributed by atoms with E-state index in [1.807, 2.05) is 0 Å². The number of carbonyl (C=O) groups is 1. The molecule has 0 spiro atoms. The second-order valence-corrected chi connectivity index (χ2v) is 8.93. The van der Waals surface area contributed by atoms with Crippen molar-refractivity contribution in [2.45, 2.75) is 37.8 Å². The maximum absolute atomic E-state index is 12.3. The number of hydrogen-bond acceptors (Lipinski definition) is 6. The van der Waals surface area contributed by atoms with Crippen molar-refractivity contribution in [3.8, 4) is 0 Å². The van der Waals surface area contributed by atoms with Gasteiger partial charge in [-0.25, -0.2) is 13.2 Å². The number of halogens is 1. The number of rotatable bonds is 3. The van der Waals surface area contributed by atoms with Crippen LogP contribution in [0.1, 0.15) is 27.2 Å². The van der Waals surface area contributed by atoms with Crippen LogP contribution in [0, 0.1) is 5.92 Å². The van der Waals surface area contributed by atoms with E-state index in [1.54, 1.807) is 25.7 Å². The van der Waals surface area contributed by atoms with Crippen molar-refractivity contribution in [2.24, 2.45) is 5.92 Å². The lowest BCUT2D eigenvalue weighted by Gasteiger charge is -2.24. The molecule has 1 atom stereocenters. The maximum atomic E-state index is 12.3. The molecule has 1 aromatic heterocycles. The monoisotopic (exact) mass is 361 g/mol. The van der Waals surface area contributed by atoms with Crippen LogP contribution in [-0.2, 0) is 14.6 Å². The van der Waals surface area contributed by atoms with Gasteiger partial charge in [-0.05, 0) is 45.2 Å². The topological polar surface area (TPSA) is 89.5 Å². The first-order valence-electron chi connectivity index (χ1n) is 7.27. The normalized spacial score (nSPS) is 19.0. The first kappa shape index (κ1) is 17.9. The molecule has 2 heterocycles. The van der Waals surface area contributed by atoms with Gasteiger partial charge in [-0.1, -0.05) is 11.6 Å². The summed E-state index contributed by atoms with van der Waals surface area (Å²) in [7, 11) is -3.56. The van der Waals surface area contributed by atoms with E-state index < -0.39 is 21.5 Å². The quantitative estimate of drug-likeness (QED) is 0.819. The summed E-state index contributed by atoms with van der Waals surface area (Å²) < 4.78 is 29.9. The Hall–Kier alpha value is -1.41. The van der Waals surface area contributed by atoms with Gasteiger partial charge in [0, 0.05) is 13.1 Å². The predicted molar refractivity (Wildman–Crippen MR) is 85.0 cm³/mol. The molecule has 1 aliphatic rings. The van der Waals surface area contributed by atoms with Crippen molar-refractivity contribution in [1.82, 2.24) is 15.1 Å². The summed E-state index contributed by atoms with van der Waals surface area (Å²) in [5.74, 6) is -0.229. The van der Waals surface area contributed by atoms with Gasteiger partial charge in [0.2, 0.25) is 0 Å². The standard InChI is InChI=1S/C14H20ClN3O4S/c1-14(2,3)22-13(19)18-7-6-10(8-18)9-23(20,21)12-5-4-11(15)16-17-12/h4-5,10H,6-9H2,1-3H3/t10-/m1/s1. The molecule has 9 heteroatoms. The summed E-state index contributed by atoms with van der Waals surface area (Å²) >= 11 is 5.61. The lowest BCUT2D eigenvalue weighted by Crippen LogP contribution is -2.35. The minimum absolute atomic E-state index is 0.0807. The minimum Gasteiger partial charge on any atom is -0.444 e. The molecule has 1 fully saturated rings. The molecule has 0 N–H and O–H groups in total. The zero-order valence-electron chi connectivity index (χ0n) is 13.3. The minimum atomic E-state index is -3.56. The van der Waals surface area contributed by atoms with Gasteiger partial charge in [0.05, 0.1) is 5.75 Å². The molecule has 1 amide bonds. The van der Waals surface area contributed by atoms with Gasteiger partial charge >= 0.3 is 6.09 Å². The molecule has 2 rings (SSSR count). The summed E-state index contributed by atoms with van der Waals surface area (Å²) in [5.41, 5.74) is -0.569. The van der Waals surface area contributed by atoms with Crippen molar-refractivity contribution in [2.75, 3.05) is 18.8 Å². The zero-order chi connectivity index (χ0) is 17.3. The second kappa shape index (κ2) is 6.60. The fourth-order valence-corrected chi connectivity index (χ4v) is 3.93. The van der Waals surface area contributed by atoms with Crippen LogP contribution in [-0.4, -0.2) is 54.1 Å². The van der Waals surface area contributed by atoms with Gasteiger partial charge in [-0.3, -0.25) is 0 Å². The molecule has 0 aliphatic carbocycles. The Labute approximate surface area is 140 Å². The maximum Gasteiger partial charge on any atom is 0.410 e. The van der Waals surface area contributed by atoms with E-state index >= 15 is 0 Å². The average molecular weight is 362 g/mol. The van der Waals surface area contributed by atoms with Crippen LogP contribution >= 0.6 is 11.6 Å². The summed E-state index contributed by atoms with van der Waals surface area (Å²) in [6, 6.07) is 2.73. The number of sulfone groups is 1. The SMILES string of the molecule is CC(C)(C)OC(=O)N1CC[C@@H](CS(=O)(=O)c2ccc(Cl)nn2)C1. The molecule has 1 aromatic rings. The third kappa shape index (κ3) is 5.04. The summed E-state index contributed by atoms with van der Waals surface area (Å²) in [5, 5.41) is 7.21. The molecule has 1 aliphatic heterocycles. The molecule has 23 heavy (non-hydrogen) atoms. The lowest BCUT2D eigenvalue weighted by molar-refractivity contribution is 0.0289. The van der Waals surface area contributed by atoms with Crippen molar-refractivity contribution in [3.05, 3.63) is 17.3 Å². The molecule has 0 bridgehead atoms. The van der Waals surface area contributed by atoms with Crippen LogP contribution in [0.2, 0.25) is 5.15 Å². The van der Waals surface area contributed by atoms with Crippen LogP contribution in [0.3, 0.4) is 0 Å². The fourth-order valence-electron chi connectivity index (χ4n) is 2.33. The van der Waals surface area contributed by atoms with E-state index in [2.05, 4.69) is 10.2 Å². The largest absolute Gasteiger partial charge is 0.444 e. The van der Waals surface area contributed by atoms with Gasteiger partial charge in [-0.2, -0.15) is 0 Å². The number of ether oxygens (including phenoxy) is 1.